The van der Waals surface area contributed by atoms with Gasteiger partial charge in [-0.25, -0.2) is 4.98 Å². The van der Waals surface area contributed by atoms with Crippen LogP contribution in [0.5, 0.6) is 0 Å². The third-order valence-electron chi connectivity index (χ3n) is 3.73. The van der Waals surface area contributed by atoms with Gasteiger partial charge in [0, 0.05) is 20.0 Å². The molecule has 2 aromatic heterocycles. The highest BCUT2D eigenvalue weighted by atomic mass is 16.4. The second kappa shape index (κ2) is 5.24. The number of hydrogen-bond acceptors (Lipinski definition) is 6. The molecule has 0 bridgehead atoms. The zero-order valence-corrected chi connectivity index (χ0v) is 11.9. The molecule has 1 saturated heterocycles. The summed E-state index contributed by atoms with van der Waals surface area (Å²) in [5.41, 5.74) is 6.59. The number of rotatable bonds is 3. The number of aromatic amines is 1. The van der Waals surface area contributed by atoms with E-state index in [1.54, 1.807) is 0 Å². The Morgan fingerprint density at radius 3 is 2.95 bits per heavy atom. The van der Waals surface area contributed by atoms with E-state index in [1.807, 2.05) is 13.8 Å². The Labute approximate surface area is 117 Å². The summed E-state index contributed by atoms with van der Waals surface area (Å²) in [4.78, 5) is 11.0. The van der Waals surface area contributed by atoms with E-state index in [2.05, 4.69) is 25.1 Å². The number of oxazole rings is 1. The number of nitrogens with zero attached hydrogens (tertiary/aromatic N) is 4. The monoisotopic (exact) mass is 276 g/mol. The highest BCUT2D eigenvalue weighted by molar-refractivity contribution is 5.52. The molecule has 0 saturated carbocycles. The van der Waals surface area contributed by atoms with Gasteiger partial charge in [0.15, 0.2) is 17.5 Å². The van der Waals surface area contributed by atoms with Gasteiger partial charge in [-0.15, -0.1) is 5.10 Å². The zero-order chi connectivity index (χ0) is 14.1. The van der Waals surface area contributed by atoms with Gasteiger partial charge in [0.2, 0.25) is 5.95 Å². The van der Waals surface area contributed by atoms with Gasteiger partial charge in [0.1, 0.15) is 0 Å². The molecule has 0 radical (unpaired) electrons. The average molecular weight is 276 g/mol. The Balaban J connectivity index is 1.81. The normalized spacial score (nSPS) is 19.6. The summed E-state index contributed by atoms with van der Waals surface area (Å²) in [6.07, 6.45) is 2.32. The zero-order valence-electron chi connectivity index (χ0n) is 11.9. The predicted octanol–water partition coefficient (Wildman–Crippen LogP) is 1.25. The Morgan fingerprint density at radius 1 is 1.40 bits per heavy atom. The first-order valence-electron chi connectivity index (χ1n) is 6.99. The molecule has 0 spiro atoms. The summed E-state index contributed by atoms with van der Waals surface area (Å²) in [7, 11) is 0. The molecule has 1 atom stereocenters. The molecule has 2 aromatic rings. The first kappa shape index (κ1) is 13.1. The summed E-state index contributed by atoms with van der Waals surface area (Å²) in [6.45, 7) is 6.34. The number of piperidine rings is 1. The molecule has 1 unspecified atom stereocenters. The van der Waals surface area contributed by atoms with Crippen molar-refractivity contribution in [2.75, 3.05) is 24.5 Å². The van der Waals surface area contributed by atoms with Crippen LogP contribution in [0, 0.1) is 19.8 Å². The van der Waals surface area contributed by atoms with E-state index in [9.17, 15) is 0 Å². The molecule has 7 heteroatoms. The molecule has 7 nitrogen and oxygen atoms in total. The molecule has 3 heterocycles. The van der Waals surface area contributed by atoms with Gasteiger partial charge < -0.3 is 15.1 Å². The van der Waals surface area contributed by atoms with Gasteiger partial charge >= 0.3 is 0 Å². The van der Waals surface area contributed by atoms with E-state index in [4.69, 9.17) is 10.2 Å². The number of aryl methyl sites for hydroxylation is 2. The number of anilines is 1. The van der Waals surface area contributed by atoms with Crippen LogP contribution in [-0.2, 0) is 0 Å². The van der Waals surface area contributed by atoms with Crippen LogP contribution in [0.1, 0.15) is 24.4 Å². The molecule has 3 N–H and O–H groups in total. The molecule has 0 amide bonds. The molecule has 3 rings (SSSR count). The second-order valence-corrected chi connectivity index (χ2v) is 5.32. The minimum absolute atomic E-state index is 0.528. The van der Waals surface area contributed by atoms with Crippen molar-refractivity contribution in [3.63, 3.8) is 0 Å². The Bertz CT molecular complexity index is 589. The summed E-state index contributed by atoms with van der Waals surface area (Å²) in [5, 5.41) is 7.24. The number of H-pyrrole nitrogens is 1. The lowest BCUT2D eigenvalue weighted by Crippen LogP contribution is -2.38. The largest absolute Gasteiger partial charge is 0.437 e. The van der Waals surface area contributed by atoms with Crippen LogP contribution in [0.2, 0.25) is 0 Å². The van der Waals surface area contributed by atoms with Gasteiger partial charge in [0.25, 0.3) is 0 Å². The van der Waals surface area contributed by atoms with E-state index < -0.39 is 0 Å². The topological polar surface area (TPSA) is 96.9 Å². The maximum atomic E-state index is 5.76. The second-order valence-electron chi connectivity index (χ2n) is 5.32. The van der Waals surface area contributed by atoms with Crippen molar-refractivity contribution < 1.29 is 4.42 Å². The van der Waals surface area contributed by atoms with Crippen molar-refractivity contribution in [3.05, 3.63) is 11.6 Å². The molecule has 1 fully saturated rings. The van der Waals surface area contributed by atoms with Crippen LogP contribution in [0.4, 0.5) is 5.95 Å². The molecule has 1 aliphatic rings. The SMILES string of the molecule is Cc1nc(C)c(-c2nc(N3CCCC(CN)C3)n[nH]2)o1. The Hall–Kier alpha value is -1.89. The van der Waals surface area contributed by atoms with Gasteiger partial charge in [-0.05, 0) is 32.2 Å². The molecular weight excluding hydrogens is 256 g/mol. The number of nitrogens with one attached hydrogen (secondary N) is 1. The van der Waals surface area contributed by atoms with Crippen LogP contribution >= 0.6 is 0 Å². The van der Waals surface area contributed by atoms with Gasteiger partial charge in [0.05, 0.1) is 5.69 Å². The van der Waals surface area contributed by atoms with Gasteiger partial charge in [-0.3, -0.25) is 5.10 Å². The fourth-order valence-corrected chi connectivity index (χ4v) is 2.69. The van der Waals surface area contributed by atoms with E-state index in [0.717, 1.165) is 25.2 Å². The Morgan fingerprint density at radius 2 is 2.25 bits per heavy atom. The summed E-state index contributed by atoms with van der Waals surface area (Å²) in [6, 6.07) is 0. The van der Waals surface area contributed by atoms with E-state index >= 15 is 0 Å². The third kappa shape index (κ3) is 2.40. The van der Waals surface area contributed by atoms with Crippen molar-refractivity contribution in [1.29, 1.82) is 0 Å². The standard InChI is InChI=1S/C13H20N6O/c1-8-11(20-9(2)15-8)12-16-13(18-17-12)19-5-3-4-10(6-14)7-19/h10H,3-7,14H2,1-2H3,(H,16,17,18). The van der Waals surface area contributed by atoms with Crippen molar-refractivity contribution >= 4 is 5.95 Å². The van der Waals surface area contributed by atoms with Crippen molar-refractivity contribution in [2.45, 2.75) is 26.7 Å². The quantitative estimate of drug-likeness (QED) is 0.875. The number of aromatic nitrogens is 4. The van der Waals surface area contributed by atoms with E-state index in [-0.39, 0.29) is 0 Å². The summed E-state index contributed by atoms with van der Waals surface area (Å²) < 4.78 is 5.56. The smallest absolute Gasteiger partial charge is 0.245 e. The van der Waals surface area contributed by atoms with Crippen molar-refractivity contribution in [2.24, 2.45) is 11.7 Å². The molecule has 0 aromatic carbocycles. The number of hydrogen-bond donors (Lipinski definition) is 2. The third-order valence-corrected chi connectivity index (χ3v) is 3.73. The molecule has 20 heavy (non-hydrogen) atoms. The fourth-order valence-electron chi connectivity index (χ4n) is 2.69. The first-order chi connectivity index (χ1) is 9.67. The first-order valence-corrected chi connectivity index (χ1v) is 6.99. The maximum Gasteiger partial charge on any atom is 0.245 e. The highest BCUT2D eigenvalue weighted by Gasteiger charge is 2.23. The molecule has 1 aliphatic heterocycles. The lowest BCUT2D eigenvalue weighted by molar-refractivity contribution is 0.420. The van der Waals surface area contributed by atoms with Crippen molar-refractivity contribution in [1.82, 2.24) is 20.2 Å². The number of nitrogens with two attached hydrogens (primary N) is 1. The molecular formula is C13H20N6O. The average Bonchev–Trinajstić information content (AvgIpc) is 3.05. The van der Waals surface area contributed by atoms with E-state index in [0.29, 0.717) is 35.9 Å². The minimum atomic E-state index is 0.528. The van der Waals surface area contributed by atoms with Gasteiger partial charge in [-0.2, -0.15) is 4.98 Å². The van der Waals surface area contributed by atoms with Crippen LogP contribution in [0.3, 0.4) is 0 Å². The Kier molecular flexibility index (Phi) is 3.43. The summed E-state index contributed by atoms with van der Waals surface area (Å²) >= 11 is 0. The van der Waals surface area contributed by atoms with Crippen LogP contribution in [0.25, 0.3) is 11.6 Å². The maximum absolute atomic E-state index is 5.76. The molecule has 108 valence electrons. The minimum Gasteiger partial charge on any atom is -0.437 e. The fraction of sp³-hybridized carbons (Fsp3) is 0.615. The highest BCUT2D eigenvalue weighted by Crippen LogP contribution is 2.24. The van der Waals surface area contributed by atoms with Crippen molar-refractivity contribution in [3.8, 4) is 11.6 Å². The lowest BCUT2D eigenvalue weighted by atomic mass is 9.99. The molecule has 0 aliphatic carbocycles. The van der Waals surface area contributed by atoms with Gasteiger partial charge in [-0.1, -0.05) is 0 Å². The van der Waals surface area contributed by atoms with Crippen LogP contribution in [-0.4, -0.2) is 39.8 Å². The van der Waals surface area contributed by atoms with Crippen LogP contribution in [0.15, 0.2) is 4.42 Å². The van der Waals surface area contributed by atoms with Crippen LogP contribution < -0.4 is 10.6 Å². The predicted molar refractivity (Wildman–Crippen MR) is 75.3 cm³/mol. The van der Waals surface area contributed by atoms with E-state index in [1.165, 1.54) is 6.42 Å². The summed E-state index contributed by atoms with van der Waals surface area (Å²) in [5.74, 6) is 3.17. The lowest BCUT2D eigenvalue weighted by Gasteiger charge is -2.31.